The van der Waals surface area contributed by atoms with Gasteiger partial charge in [-0.05, 0) is 54.7 Å². The van der Waals surface area contributed by atoms with Crippen molar-refractivity contribution in [2.24, 2.45) is 5.92 Å². The molecule has 1 fully saturated rings. The van der Waals surface area contributed by atoms with Crippen molar-refractivity contribution in [3.63, 3.8) is 0 Å². The Morgan fingerprint density at radius 2 is 2.25 bits per heavy atom. The topological polar surface area (TPSA) is 58.2 Å². The average Bonchev–Trinajstić information content (AvgIpc) is 2.92. The number of hydrogen-bond acceptors (Lipinski definition) is 4. The molecule has 112 valence electrons. The number of rotatable bonds is 6. The minimum absolute atomic E-state index is 0.276. The van der Waals surface area contributed by atoms with Crippen LogP contribution in [0.3, 0.4) is 0 Å². The van der Waals surface area contributed by atoms with Crippen molar-refractivity contribution in [1.82, 2.24) is 10.0 Å². The molecule has 4 nitrogen and oxygen atoms in total. The second kappa shape index (κ2) is 7.13. The van der Waals surface area contributed by atoms with Crippen molar-refractivity contribution in [3.05, 3.63) is 28.8 Å². The third-order valence-electron chi connectivity index (χ3n) is 3.28. The summed E-state index contributed by atoms with van der Waals surface area (Å²) in [6.45, 7) is 1.06. The lowest BCUT2D eigenvalue weighted by molar-refractivity contribution is 0.545. The second-order valence-corrected chi connectivity index (χ2v) is 8.19. The smallest absolute Gasteiger partial charge is 0.240 e. The number of nitrogens with one attached hydrogen (secondary N) is 2. The van der Waals surface area contributed by atoms with E-state index >= 15 is 0 Å². The zero-order valence-electron chi connectivity index (χ0n) is 11.4. The van der Waals surface area contributed by atoms with Crippen LogP contribution in [0, 0.1) is 5.92 Å². The predicted molar refractivity (Wildman–Crippen MR) is 84.8 cm³/mol. The summed E-state index contributed by atoms with van der Waals surface area (Å²) in [6, 6.07) is 4.81. The Morgan fingerprint density at radius 3 is 2.90 bits per heavy atom. The first-order chi connectivity index (χ1) is 9.53. The van der Waals surface area contributed by atoms with Crippen LogP contribution in [0.1, 0.15) is 12.0 Å². The highest BCUT2D eigenvalue weighted by Gasteiger charge is 2.20. The highest BCUT2D eigenvalue weighted by molar-refractivity contribution is 7.99. The van der Waals surface area contributed by atoms with Crippen molar-refractivity contribution in [3.8, 4) is 0 Å². The van der Waals surface area contributed by atoms with E-state index in [9.17, 15) is 8.42 Å². The Morgan fingerprint density at radius 1 is 1.45 bits per heavy atom. The summed E-state index contributed by atoms with van der Waals surface area (Å²) in [4.78, 5) is 0.276. The summed E-state index contributed by atoms with van der Waals surface area (Å²) >= 11 is 7.93. The van der Waals surface area contributed by atoms with Crippen molar-refractivity contribution < 1.29 is 8.42 Å². The van der Waals surface area contributed by atoms with Crippen molar-refractivity contribution in [1.29, 1.82) is 0 Å². The molecule has 1 aromatic carbocycles. The van der Waals surface area contributed by atoms with Crippen LogP contribution < -0.4 is 10.0 Å². The Balaban J connectivity index is 2.09. The number of halogens is 1. The molecule has 1 saturated heterocycles. The van der Waals surface area contributed by atoms with Gasteiger partial charge < -0.3 is 5.32 Å². The van der Waals surface area contributed by atoms with Gasteiger partial charge in [-0.15, -0.1) is 0 Å². The van der Waals surface area contributed by atoms with Crippen LogP contribution in [0.2, 0.25) is 5.02 Å². The standard InChI is InChI=1S/C13H19ClN2O2S2/c1-15-8-11-6-12(2-3-13(11)14)20(17,18)16-7-10-4-5-19-9-10/h2-3,6,10,15-16H,4-5,7-9H2,1H3. The molecular formula is C13H19ClN2O2S2. The molecule has 0 radical (unpaired) electrons. The molecule has 2 rings (SSSR count). The zero-order valence-corrected chi connectivity index (χ0v) is 13.7. The van der Waals surface area contributed by atoms with Crippen LogP contribution in [0.25, 0.3) is 0 Å². The van der Waals surface area contributed by atoms with Gasteiger partial charge >= 0.3 is 0 Å². The van der Waals surface area contributed by atoms with Crippen LogP contribution in [0.15, 0.2) is 23.1 Å². The van der Waals surface area contributed by atoms with E-state index in [1.165, 1.54) is 0 Å². The van der Waals surface area contributed by atoms with Crippen LogP contribution in [-0.4, -0.2) is 33.5 Å². The van der Waals surface area contributed by atoms with Gasteiger partial charge in [0.1, 0.15) is 0 Å². The fourth-order valence-electron chi connectivity index (χ4n) is 2.10. The molecule has 1 aliphatic heterocycles. The molecule has 1 aromatic rings. The third kappa shape index (κ3) is 4.11. The van der Waals surface area contributed by atoms with E-state index in [4.69, 9.17) is 11.6 Å². The predicted octanol–water partition coefficient (Wildman–Crippen LogP) is 2.09. The maximum Gasteiger partial charge on any atom is 0.240 e. The normalized spacial score (nSPS) is 19.4. The fourth-order valence-corrected chi connectivity index (χ4v) is 4.73. The van der Waals surface area contributed by atoms with Crippen LogP contribution >= 0.6 is 23.4 Å². The van der Waals surface area contributed by atoms with Crippen LogP contribution in [0.5, 0.6) is 0 Å². The van der Waals surface area contributed by atoms with Gasteiger partial charge in [0.15, 0.2) is 0 Å². The Hall–Kier alpha value is -0.270. The monoisotopic (exact) mass is 334 g/mol. The van der Waals surface area contributed by atoms with E-state index in [0.717, 1.165) is 23.5 Å². The van der Waals surface area contributed by atoms with E-state index in [1.807, 2.05) is 11.8 Å². The Labute approximate surface area is 129 Å². The summed E-state index contributed by atoms with van der Waals surface area (Å²) in [6.07, 6.45) is 1.08. The highest BCUT2D eigenvalue weighted by Crippen LogP contribution is 2.24. The van der Waals surface area contributed by atoms with Gasteiger partial charge in [0.25, 0.3) is 0 Å². The second-order valence-electron chi connectivity index (χ2n) is 4.87. The van der Waals surface area contributed by atoms with E-state index in [2.05, 4.69) is 10.0 Å². The summed E-state index contributed by atoms with van der Waals surface area (Å²) in [5.74, 6) is 2.60. The van der Waals surface area contributed by atoms with Gasteiger partial charge in [-0.25, -0.2) is 13.1 Å². The molecule has 0 bridgehead atoms. The molecule has 20 heavy (non-hydrogen) atoms. The van der Waals surface area contributed by atoms with Crippen molar-refractivity contribution in [2.45, 2.75) is 17.9 Å². The van der Waals surface area contributed by atoms with E-state index in [0.29, 0.717) is 24.0 Å². The van der Waals surface area contributed by atoms with Crippen LogP contribution in [0.4, 0.5) is 0 Å². The lowest BCUT2D eigenvalue weighted by Gasteiger charge is -2.12. The van der Waals surface area contributed by atoms with Crippen molar-refractivity contribution in [2.75, 3.05) is 25.1 Å². The summed E-state index contributed by atoms with van der Waals surface area (Å²) in [7, 11) is -1.65. The lowest BCUT2D eigenvalue weighted by atomic mass is 10.1. The minimum Gasteiger partial charge on any atom is -0.316 e. The first kappa shape index (κ1) is 16.1. The Bertz CT molecular complexity index is 557. The number of sulfonamides is 1. The van der Waals surface area contributed by atoms with Gasteiger partial charge in [0.05, 0.1) is 4.90 Å². The maximum absolute atomic E-state index is 12.3. The van der Waals surface area contributed by atoms with Gasteiger partial charge in [0.2, 0.25) is 10.0 Å². The van der Waals surface area contributed by atoms with Gasteiger partial charge in [-0.3, -0.25) is 0 Å². The zero-order chi connectivity index (χ0) is 14.6. The molecule has 1 aliphatic rings. The first-order valence-corrected chi connectivity index (χ1v) is 9.55. The maximum atomic E-state index is 12.3. The summed E-state index contributed by atoms with van der Waals surface area (Å²) in [5, 5.41) is 3.55. The molecule has 1 heterocycles. The average molecular weight is 335 g/mol. The van der Waals surface area contributed by atoms with Crippen LogP contribution in [-0.2, 0) is 16.6 Å². The van der Waals surface area contributed by atoms with Gasteiger partial charge in [0, 0.05) is 18.1 Å². The molecule has 1 unspecified atom stereocenters. The fraction of sp³-hybridized carbons (Fsp3) is 0.538. The largest absolute Gasteiger partial charge is 0.316 e. The Kier molecular flexibility index (Phi) is 5.74. The molecular weight excluding hydrogens is 316 g/mol. The molecule has 1 atom stereocenters. The first-order valence-electron chi connectivity index (χ1n) is 6.53. The van der Waals surface area contributed by atoms with Crippen molar-refractivity contribution >= 4 is 33.4 Å². The quantitative estimate of drug-likeness (QED) is 0.836. The number of benzene rings is 1. The molecule has 7 heteroatoms. The van der Waals surface area contributed by atoms with Gasteiger partial charge in [-0.2, -0.15) is 11.8 Å². The third-order valence-corrected chi connectivity index (χ3v) is 6.30. The SMILES string of the molecule is CNCc1cc(S(=O)(=O)NCC2CCSC2)ccc1Cl. The minimum atomic E-state index is -3.45. The summed E-state index contributed by atoms with van der Waals surface area (Å²) < 4.78 is 27.3. The molecule has 0 aliphatic carbocycles. The highest BCUT2D eigenvalue weighted by atomic mass is 35.5. The number of hydrogen-bond donors (Lipinski definition) is 2. The van der Waals surface area contributed by atoms with Gasteiger partial charge in [-0.1, -0.05) is 11.6 Å². The number of thioether (sulfide) groups is 1. The summed E-state index contributed by atoms with van der Waals surface area (Å²) in [5.41, 5.74) is 0.786. The van der Waals surface area contributed by atoms with E-state index in [-0.39, 0.29) is 4.90 Å². The van der Waals surface area contributed by atoms with E-state index < -0.39 is 10.0 Å². The molecule has 0 aromatic heterocycles. The molecule has 0 spiro atoms. The van der Waals surface area contributed by atoms with E-state index in [1.54, 1.807) is 25.2 Å². The lowest BCUT2D eigenvalue weighted by Crippen LogP contribution is -2.29. The molecule has 0 saturated carbocycles. The molecule has 2 N–H and O–H groups in total. The molecule has 0 amide bonds.